The number of hydrogen-bond donors (Lipinski definition) is 3. The zero-order chi connectivity index (χ0) is 13.1. The zero-order valence-corrected chi connectivity index (χ0v) is 10.5. The molecule has 1 aliphatic rings. The van der Waals surface area contributed by atoms with Crippen molar-refractivity contribution in [2.24, 2.45) is 5.92 Å². The molecule has 1 aromatic carbocycles. The van der Waals surface area contributed by atoms with Crippen LogP contribution in [0.25, 0.3) is 11.3 Å². The lowest BCUT2D eigenvalue weighted by Gasteiger charge is -2.10. The van der Waals surface area contributed by atoms with Gasteiger partial charge in [-0.2, -0.15) is 0 Å². The van der Waals surface area contributed by atoms with E-state index in [0.717, 1.165) is 36.5 Å². The molecule has 0 bridgehead atoms. The van der Waals surface area contributed by atoms with Crippen LogP contribution in [0, 0.1) is 5.92 Å². The second-order valence-electron chi connectivity index (χ2n) is 4.72. The van der Waals surface area contributed by atoms with Gasteiger partial charge in [0.2, 0.25) is 5.91 Å². The number of carbonyl (C=O) groups excluding carboxylic acids is 1. The third-order valence-corrected chi connectivity index (χ3v) is 3.39. The number of amides is 1. The van der Waals surface area contributed by atoms with Crippen molar-refractivity contribution in [3.05, 3.63) is 36.8 Å². The zero-order valence-electron chi connectivity index (χ0n) is 10.5. The van der Waals surface area contributed by atoms with E-state index >= 15 is 0 Å². The maximum absolute atomic E-state index is 12.0. The highest BCUT2D eigenvalue weighted by Crippen LogP contribution is 2.19. The van der Waals surface area contributed by atoms with Crippen molar-refractivity contribution in [2.75, 3.05) is 18.4 Å². The Morgan fingerprint density at radius 2 is 2.16 bits per heavy atom. The predicted octanol–water partition coefficient (Wildman–Crippen LogP) is 1.62. The SMILES string of the molecule is O=C(Nc1ccc(-c2cnc[nH]2)cc1)C1CCNC1. The molecule has 0 spiro atoms. The number of aromatic nitrogens is 2. The van der Waals surface area contributed by atoms with E-state index in [-0.39, 0.29) is 11.8 Å². The molecule has 1 aromatic heterocycles. The third kappa shape index (κ3) is 2.66. The highest BCUT2D eigenvalue weighted by molar-refractivity contribution is 5.93. The molecule has 3 N–H and O–H groups in total. The molecule has 1 fully saturated rings. The average Bonchev–Trinajstić information content (AvgIpc) is 3.13. The van der Waals surface area contributed by atoms with Crippen LogP contribution in [0.15, 0.2) is 36.8 Å². The van der Waals surface area contributed by atoms with Gasteiger partial charge in [0.1, 0.15) is 0 Å². The molecular formula is C14H16N4O. The molecule has 5 nitrogen and oxygen atoms in total. The fraction of sp³-hybridized carbons (Fsp3) is 0.286. The maximum atomic E-state index is 12.0. The van der Waals surface area contributed by atoms with Crippen molar-refractivity contribution < 1.29 is 4.79 Å². The molecule has 0 aliphatic carbocycles. The molecule has 2 aromatic rings. The minimum Gasteiger partial charge on any atom is -0.345 e. The average molecular weight is 256 g/mol. The molecule has 5 heteroatoms. The van der Waals surface area contributed by atoms with Gasteiger partial charge in [0.25, 0.3) is 0 Å². The molecule has 1 unspecified atom stereocenters. The fourth-order valence-electron chi connectivity index (χ4n) is 2.27. The number of nitrogens with one attached hydrogen (secondary N) is 3. The van der Waals surface area contributed by atoms with Crippen LogP contribution in [0.5, 0.6) is 0 Å². The summed E-state index contributed by atoms with van der Waals surface area (Å²) >= 11 is 0. The Morgan fingerprint density at radius 3 is 2.79 bits per heavy atom. The number of hydrogen-bond acceptors (Lipinski definition) is 3. The molecule has 3 rings (SSSR count). The molecule has 0 radical (unpaired) electrons. The van der Waals surface area contributed by atoms with Crippen molar-refractivity contribution in [2.45, 2.75) is 6.42 Å². The Morgan fingerprint density at radius 1 is 1.32 bits per heavy atom. The number of benzene rings is 1. The van der Waals surface area contributed by atoms with E-state index < -0.39 is 0 Å². The highest BCUT2D eigenvalue weighted by atomic mass is 16.1. The van der Waals surface area contributed by atoms with Crippen LogP contribution >= 0.6 is 0 Å². The lowest BCUT2D eigenvalue weighted by Crippen LogP contribution is -2.24. The molecule has 2 heterocycles. The lowest BCUT2D eigenvalue weighted by molar-refractivity contribution is -0.119. The molecule has 1 aliphatic heterocycles. The van der Waals surface area contributed by atoms with Gasteiger partial charge in [-0.25, -0.2) is 4.98 Å². The van der Waals surface area contributed by atoms with Gasteiger partial charge in [-0.05, 0) is 30.7 Å². The van der Waals surface area contributed by atoms with E-state index in [2.05, 4.69) is 20.6 Å². The summed E-state index contributed by atoms with van der Waals surface area (Å²) in [4.78, 5) is 19.0. The van der Waals surface area contributed by atoms with Crippen LogP contribution in [0.3, 0.4) is 0 Å². The number of carbonyl (C=O) groups is 1. The molecule has 1 atom stereocenters. The number of anilines is 1. The summed E-state index contributed by atoms with van der Waals surface area (Å²) in [5.74, 6) is 0.187. The lowest BCUT2D eigenvalue weighted by atomic mass is 10.1. The standard InChI is InChI=1S/C14H16N4O/c19-14(11-5-6-15-7-11)18-12-3-1-10(2-4-12)13-8-16-9-17-13/h1-4,8-9,11,15H,5-7H2,(H,16,17)(H,18,19). The molecule has 19 heavy (non-hydrogen) atoms. The first-order valence-corrected chi connectivity index (χ1v) is 6.43. The Kier molecular flexibility index (Phi) is 3.29. The van der Waals surface area contributed by atoms with Crippen LogP contribution in [-0.4, -0.2) is 29.0 Å². The topological polar surface area (TPSA) is 69.8 Å². The minimum absolute atomic E-state index is 0.0901. The summed E-state index contributed by atoms with van der Waals surface area (Å²) in [7, 11) is 0. The predicted molar refractivity (Wildman–Crippen MR) is 73.6 cm³/mol. The van der Waals surface area contributed by atoms with E-state index in [1.807, 2.05) is 24.3 Å². The minimum atomic E-state index is 0.0901. The maximum Gasteiger partial charge on any atom is 0.228 e. The summed E-state index contributed by atoms with van der Waals surface area (Å²) in [6, 6.07) is 7.76. The third-order valence-electron chi connectivity index (χ3n) is 3.39. The summed E-state index contributed by atoms with van der Waals surface area (Å²) in [5.41, 5.74) is 2.86. The van der Waals surface area contributed by atoms with E-state index in [9.17, 15) is 4.79 Å². The Labute approximate surface area is 111 Å². The fourth-order valence-corrected chi connectivity index (χ4v) is 2.27. The monoisotopic (exact) mass is 256 g/mol. The molecule has 0 saturated carbocycles. The molecule has 98 valence electrons. The second-order valence-corrected chi connectivity index (χ2v) is 4.72. The molecular weight excluding hydrogens is 240 g/mol. The van der Waals surface area contributed by atoms with Crippen LogP contribution in [0.1, 0.15) is 6.42 Å². The van der Waals surface area contributed by atoms with Gasteiger partial charge in [-0.15, -0.1) is 0 Å². The first kappa shape index (κ1) is 11.9. The Hall–Kier alpha value is -2.14. The van der Waals surface area contributed by atoms with Gasteiger partial charge in [0.15, 0.2) is 0 Å². The van der Waals surface area contributed by atoms with Crippen molar-refractivity contribution in [3.8, 4) is 11.3 Å². The van der Waals surface area contributed by atoms with E-state index in [0.29, 0.717) is 0 Å². The molecule has 1 amide bonds. The van der Waals surface area contributed by atoms with Gasteiger partial charge < -0.3 is 15.6 Å². The van der Waals surface area contributed by atoms with Crippen LogP contribution in [0.2, 0.25) is 0 Å². The van der Waals surface area contributed by atoms with Gasteiger partial charge in [0, 0.05) is 12.2 Å². The Bertz CT molecular complexity index is 541. The largest absolute Gasteiger partial charge is 0.345 e. The summed E-state index contributed by atoms with van der Waals surface area (Å²) in [6.45, 7) is 1.70. The number of H-pyrrole nitrogens is 1. The van der Waals surface area contributed by atoms with Crippen molar-refractivity contribution >= 4 is 11.6 Å². The van der Waals surface area contributed by atoms with E-state index in [1.54, 1.807) is 12.5 Å². The first-order chi connectivity index (χ1) is 9.33. The summed E-state index contributed by atoms with van der Waals surface area (Å²) in [6.07, 6.45) is 4.34. The number of rotatable bonds is 3. The van der Waals surface area contributed by atoms with Crippen molar-refractivity contribution in [1.29, 1.82) is 0 Å². The number of imidazole rings is 1. The second kappa shape index (κ2) is 5.24. The van der Waals surface area contributed by atoms with E-state index in [1.165, 1.54) is 0 Å². The van der Waals surface area contributed by atoms with Crippen LogP contribution in [-0.2, 0) is 4.79 Å². The van der Waals surface area contributed by atoms with Gasteiger partial charge in [-0.3, -0.25) is 4.79 Å². The van der Waals surface area contributed by atoms with E-state index in [4.69, 9.17) is 0 Å². The number of nitrogens with zero attached hydrogens (tertiary/aromatic N) is 1. The quantitative estimate of drug-likeness (QED) is 0.781. The first-order valence-electron chi connectivity index (χ1n) is 6.43. The highest BCUT2D eigenvalue weighted by Gasteiger charge is 2.22. The summed E-state index contributed by atoms with van der Waals surface area (Å²) < 4.78 is 0. The van der Waals surface area contributed by atoms with Crippen molar-refractivity contribution in [3.63, 3.8) is 0 Å². The van der Waals surface area contributed by atoms with Crippen LogP contribution < -0.4 is 10.6 Å². The van der Waals surface area contributed by atoms with Gasteiger partial charge >= 0.3 is 0 Å². The normalized spacial score (nSPS) is 18.4. The number of aromatic amines is 1. The van der Waals surface area contributed by atoms with Gasteiger partial charge in [0.05, 0.1) is 24.1 Å². The molecule has 1 saturated heterocycles. The van der Waals surface area contributed by atoms with Crippen LogP contribution in [0.4, 0.5) is 5.69 Å². The van der Waals surface area contributed by atoms with Crippen molar-refractivity contribution in [1.82, 2.24) is 15.3 Å². The van der Waals surface area contributed by atoms with Gasteiger partial charge in [-0.1, -0.05) is 12.1 Å². The Balaban J connectivity index is 1.67. The summed E-state index contributed by atoms with van der Waals surface area (Å²) in [5, 5.41) is 6.15. The smallest absolute Gasteiger partial charge is 0.228 e.